The maximum Gasteiger partial charge on any atom is 0.250 e. The number of amides is 1. The number of fused-ring (bicyclic) bond motifs is 2. The number of ether oxygens (including phenoxy) is 1. The number of hydrogen-bond donors (Lipinski definition) is 0. The quantitative estimate of drug-likeness (QED) is 0.205. The van der Waals surface area contributed by atoms with Crippen LogP contribution in [0.2, 0.25) is 0 Å². The molecule has 0 atom stereocenters. The molecule has 0 unspecified atom stereocenters. The van der Waals surface area contributed by atoms with Crippen LogP contribution in [0, 0.1) is 11.6 Å². The van der Waals surface area contributed by atoms with Crippen LogP contribution in [-0.4, -0.2) is 38.0 Å². The Hall–Kier alpha value is -4.22. The average Bonchev–Trinajstić information content (AvgIpc) is 3.60. The second-order valence-corrected chi connectivity index (χ2v) is 12.2. The highest BCUT2D eigenvalue weighted by atomic mass is 32.1. The molecule has 1 aliphatic heterocycles. The van der Waals surface area contributed by atoms with Crippen molar-refractivity contribution in [3.8, 4) is 38.8 Å². The molecule has 6 rings (SSSR count). The number of thiophene rings is 1. The van der Waals surface area contributed by atoms with Crippen molar-refractivity contribution in [3.05, 3.63) is 87.1 Å². The van der Waals surface area contributed by atoms with E-state index in [-0.39, 0.29) is 28.9 Å². The third kappa shape index (κ3) is 4.92. The van der Waals surface area contributed by atoms with E-state index in [4.69, 9.17) is 14.7 Å². The minimum atomic E-state index is -0.776. The van der Waals surface area contributed by atoms with Crippen molar-refractivity contribution >= 4 is 38.7 Å². The summed E-state index contributed by atoms with van der Waals surface area (Å²) >= 11 is 2.79. The van der Waals surface area contributed by atoms with Gasteiger partial charge in [0.15, 0.2) is 0 Å². The zero-order valence-corrected chi connectivity index (χ0v) is 24.7. The lowest BCUT2D eigenvalue weighted by molar-refractivity contribution is -0.126. The Bertz CT molecular complexity index is 1940. The number of halogens is 2. The molecule has 0 bridgehead atoms. The van der Waals surface area contributed by atoms with Gasteiger partial charge in [-0.2, -0.15) is 0 Å². The summed E-state index contributed by atoms with van der Waals surface area (Å²) in [7, 11) is 1.67. The summed E-state index contributed by atoms with van der Waals surface area (Å²) in [5.41, 5.74) is 2.96. The molecule has 0 saturated carbocycles. The van der Waals surface area contributed by atoms with Gasteiger partial charge in [-0.25, -0.2) is 18.7 Å². The topological polar surface area (TPSA) is 77.3 Å². The number of aryl methyl sites for hydroxylation is 1. The summed E-state index contributed by atoms with van der Waals surface area (Å²) in [5, 5.41) is 3.19. The fourth-order valence-electron chi connectivity index (χ4n) is 5.12. The van der Waals surface area contributed by atoms with E-state index in [9.17, 15) is 14.0 Å². The maximum absolute atomic E-state index is 15.9. The van der Waals surface area contributed by atoms with Gasteiger partial charge in [-0.05, 0) is 37.4 Å². The van der Waals surface area contributed by atoms with Crippen molar-refractivity contribution in [2.75, 3.05) is 6.54 Å². The molecule has 42 heavy (non-hydrogen) atoms. The van der Waals surface area contributed by atoms with Crippen LogP contribution in [-0.2, 0) is 24.8 Å². The number of thiazole rings is 1. The maximum atomic E-state index is 15.9. The zero-order valence-electron chi connectivity index (χ0n) is 23.1. The summed E-state index contributed by atoms with van der Waals surface area (Å²) in [4.78, 5) is 37.1. The first-order valence-electron chi connectivity index (χ1n) is 13.3. The lowest BCUT2D eigenvalue weighted by atomic mass is 9.98. The van der Waals surface area contributed by atoms with Crippen molar-refractivity contribution in [1.29, 1.82) is 0 Å². The molecule has 1 aromatic carbocycles. The number of carbonyl (C=O) groups is 1. The molecule has 0 N–H and O–H groups in total. The van der Waals surface area contributed by atoms with Gasteiger partial charge in [0.1, 0.15) is 28.1 Å². The minimum absolute atomic E-state index is 0.0687. The first-order chi connectivity index (χ1) is 20.1. The molecule has 0 fully saturated rings. The molecule has 0 saturated heterocycles. The molecule has 5 heterocycles. The van der Waals surface area contributed by atoms with Gasteiger partial charge in [-0.1, -0.05) is 6.58 Å². The third-order valence-electron chi connectivity index (χ3n) is 7.02. The Morgan fingerprint density at radius 3 is 2.69 bits per heavy atom. The number of pyridine rings is 2. The van der Waals surface area contributed by atoms with E-state index >= 15 is 4.39 Å². The molecule has 11 heteroatoms. The van der Waals surface area contributed by atoms with E-state index in [1.807, 2.05) is 11.4 Å². The fourth-order valence-corrected chi connectivity index (χ4v) is 7.19. The Balaban J connectivity index is 1.66. The van der Waals surface area contributed by atoms with Crippen LogP contribution in [0.1, 0.15) is 24.4 Å². The molecular formula is C31H26F2N4O3S2. The molecule has 7 nitrogen and oxygen atoms in total. The van der Waals surface area contributed by atoms with Crippen LogP contribution in [0.4, 0.5) is 8.78 Å². The van der Waals surface area contributed by atoms with Crippen molar-refractivity contribution in [1.82, 2.24) is 19.4 Å². The van der Waals surface area contributed by atoms with Crippen LogP contribution in [0.5, 0.6) is 5.75 Å². The Morgan fingerprint density at radius 2 is 1.95 bits per heavy atom. The van der Waals surface area contributed by atoms with Gasteiger partial charge < -0.3 is 14.2 Å². The molecular weight excluding hydrogens is 578 g/mol. The predicted molar refractivity (Wildman–Crippen MR) is 162 cm³/mol. The van der Waals surface area contributed by atoms with Gasteiger partial charge in [0.05, 0.1) is 29.6 Å². The van der Waals surface area contributed by atoms with Crippen LogP contribution in [0.25, 0.3) is 43.2 Å². The summed E-state index contributed by atoms with van der Waals surface area (Å²) in [6.07, 6.45) is 3.22. The van der Waals surface area contributed by atoms with Gasteiger partial charge >= 0.3 is 0 Å². The summed E-state index contributed by atoms with van der Waals surface area (Å²) < 4.78 is 38.5. The van der Waals surface area contributed by atoms with E-state index in [2.05, 4.69) is 6.58 Å². The molecule has 1 aliphatic rings. The van der Waals surface area contributed by atoms with E-state index in [0.717, 1.165) is 26.7 Å². The van der Waals surface area contributed by atoms with Crippen molar-refractivity contribution in [3.63, 3.8) is 0 Å². The minimum Gasteiger partial charge on any atom is -0.490 e. The third-order valence-corrected chi connectivity index (χ3v) is 9.04. The molecule has 0 aliphatic carbocycles. The lowest BCUT2D eigenvalue weighted by Gasteiger charge is -2.24. The number of hydrogen-bond acceptors (Lipinski definition) is 7. The number of aromatic nitrogens is 3. The highest BCUT2D eigenvalue weighted by Gasteiger charge is 2.29. The van der Waals surface area contributed by atoms with Gasteiger partial charge in [0.2, 0.25) is 11.5 Å². The zero-order chi connectivity index (χ0) is 29.7. The normalized spacial score (nSPS) is 13.0. The molecule has 1 amide bonds. The SMILES string of the molecule is C=CC(=O)N1CCc2nc(-c3nc(-c4ccc(=O)n(C)c4)c4ccsc4c3-c3c(F)cc(F)cc3OC(C)C)sc2C1. The van der Waals surface area contributed by atoms with E-state index in [1.165, 1.54) is 45.4 Å². The number of carbonyl (C=O) groups excluding carboxylic acids is 1. The predicted octanol–water partition coefficient (Wildman–Crippen LogP) is 6.59. The smallest absolute Gasteiger partial charge is 0.250 e. The average molecular weight is 605 g/mol. The van der Waals surface area contributed by atoms with Gasteiger partial charge in [0.25, 0.3) is 0 Å². The van der Waals surface area contributed by atoms with Gasteiger partial charge in [-0.15, -0.1) is 22.7 Å². The highest BCUT2D eigenvalue weighted by Crippen LogP contribution is 2.48. The van der Waals surface area contributed by atoms with Gasteiger partial charge in [-0.3, -0.25) is 9.59 Å². The second kappa shape index (κ2) is 10.9. The lowest BCUT2D eigenvalue weighted by Crippen LogP contribution is -2.34. The summed E-state index contributed by atoms with van der Waals surface area (Å²) in [6, 6.07) is 7.12. The van der Waals surface area contributed by atoms with E-state index < -0.39 is 11.6 Å². The van der Waals surface area contributed by atoms with Crippen LogP contribution >= 0.6 is 22.7 Å². The van der Waals surface area contributed by atoms with Crippen molar-refractivity contribution in [2.24, 2.45) is 7.05 Å². The van der Waals surface area contributed by atoms with Crippen LogP contribution in [0.3, 0.4) is 0 Å². The first-order valence-corrected chi connectivity index (χ1v) is 15.0. The molecule has 4 aromatic heterocycles. The number of nitrogens with zero attached hydrogens (tertiary/aromatic N) is 4. The molecule has 0 radical (unpaired) electrons. The van der Waals surface area contributed by atoms with Crippen molar-refractivity contribution < 1.29 is 18.3 Å². The van der Waals surface area contributed by atoms with Crippen molar-refractivity contribution in [2.45, 2.75) is 32.9 Å². The summed E-state index contributed by atoms with van der Waals surface area (Å²) in [5.74, 6) is -1.61. The summed E-state index contributed by atoms with van der Waals surface area (Å²) in [6.45, 7) is 8.07. The first kappa shape index (κ1) is 27.9. The molecule has 5 aromatic rings. The number of benzene rings is 1. The van der Waals surface area contributed by atoms with E-state index in [1.54, 1.807) is 38.1 Å². The van der Waals surface area contributed by atoms with E-state index in [0.29, 0.717) is 47.0 Å². The highest BCUT2D eigenvalue weighted by molar-refractivity contribution is 7.18. The monoisotopic (exact) mass is 604 g/mol. The molecule has 0 spiro atoms. The van der Waals surface area contributed by atoms with Gasteiger partial charge in [0, 0.05) is 70.5 Å². The Kier molecular flexibility index (Phi) is 7.24. The molecule has 214 valence electrons. The van der Waals surface area contributed by atoms with Crippen LogP contribution in [0.15, 0.2) is 59.4 Å². The van der Waals surface area contributed by atoms with Crippen LogP contribution < -0.4 is 10.3 Å². The Morgan fingerprint density at radius 1 is 1.14 bits per heavy atom. The number of rotatable bonds is 6. The fraction of sp³-hybridized carbons (Fsp3) is 0.226. The Labute approximate surface area is 248 Å². The second-order valence-electron chi connectivity index (χ2n) is 10.2. The standard InChI is InChI=1S/C31H26F2N4O3S2/c1-5-24(38)37-10-8-21-23(15-37)42-31(34-21)29-27(26-20(33)12-18(32)13-22(26)40-16(2)3)30-19(9-11-41-30)28(35-29)17-6-7-25(39)36(4)14-17/h5-7,9,11-14,16H,1,8,10,15H2,2-4H3. The largest absolute Gasteiger partial charge is 0.490 e.